The van der Waals surface area contributed by atoms with Gasteiger partial charge < -0.3 is 4.74 Å². The molecule has 1 aromatic carbocycles. The molecule has 0 aromatic heterocycles. The number of methoxy groups -OCH3 is 1. The topological polar surface area (TPSA) is 26.3 Å². The monoisotopic (exact) mass is 210 g/mol. The van der Waals surface area contributed by atoms with Crippen LogP contribution < -0.4 is 4.74 Å². The summed E-state index contributed by atoms with van der Waals surface area (Å²) in [6, 6.07) is 3.33. The van der Waals surface area contributed by atoms with Crippen LogP contribution in [0.4, 0.5) is 0 Å². The highest BCUT2D eigenvalue weighted by atomic mass is 35.5. The van der Waals surface area contributed by atoms with Gasteiger partial charge in [-0.2, -0.15) is 0 Å². The highest BCUT2D eigenvalue weighted by molar-refractivity contribution is 6.31. The number of allylic oxidation sites excluding steroid dienone is 1. The summed E-state index contributed by atoms with van der Waals surface area (Å²) in [5.74, 6) is 0.367. The number of hydrogen-bond donors (Lipinski definition) is 0. The van der Waals surface area contributed by atoms with Gasteiger partial charge in [-0.3, -0.25) is 4.79 Å². The second-order valence-corrected chi connectivity index (χ2v) is 3.31. The van der Waals surface area contributed by atoms with Gasteiger partial charge in [-0.25, -0.2) is 0 Å². The molecule has 3 heteroatoms. The fraction of sp³-hybridized carbons (Fsp3) is 0.182. The lowest BCUT2D eigenvalue weighted by atomic mass is 10.1. The van der Waals surface area contributed by atoms with Crippen molar-refractivity contribution >= 4 is 17.4 Å². The van der Waals surface area contributed by atoms with Crippen LogP contribution in [0.1, 0.15) is 15.9 Å². The smallest absolute Gasteiger partial charge is 0.189 e. The first-order valence-electron chi connectivity index (χ1n) is 4.11. The SMILES string of the molecule is C=CC(=O)c1cc(Cl)cc(C)c1OC. The molecule has 0 radical (unpaired) electrons. The number of halogens is 1. The van der Waals surface area contributed by atoms with Crippen molar-refractivity contribution in [3.05, 3.63) is 40.9 Å². The van der Waals surface area contributed by atoms with Crippen LogP contribution >= 0.6 is 11.6 Å². The molecule has 0 bridgehead atoms. The molecule has 0 spiro atoms. The summed E-state index contributed by atoms with van der Waals surface area (Å²) < 4.78 is 5.13. The van der Waals surface area contributed by atoms with Crippen molar-refractivity contribution in [2.75, 3.05) is 7.11 Å². The molecule has 2 nitrogen and oxygen atoms in total. The van der Waals surface area contributed by atoms with Crippen LogP contribution in [0.2, 0.25) is 5.02 Å². The van der Waals surface area contributed by atoms with E-state index in [1.807, 2.05) is 6.92 Å². The molecule has 1 aromatic rings. The van der Waals surface area contributed by atoms with Crippen LogP contribution in [0.3, 0.4) is 0 Å². The lowest BCUT2D eigenvalue weighted by Gasteiger charge is -2.09. The van der Waals surface area contributed by atoms with Crippen LogP contribution in [0.15, 0.2) is 24.8 Å². The van der Waals surface area contributed by atoms with Crippen LogP contribution in [-0.2, 0) is 0 Å². The Bertz CT molecular complexity index is 383. The van der Waals surface area contributed by atoms with E-state index in [1.165, 1.54) is 13.2 Å². The van der Waals surface area contributed by atoms with Gasteiger partial charge in [-0.1, -0.05) is 18.2 Å². The normalized spacial score (nSPS) is 9.64. The molecule has 0 amide bonds. The van der Waals surface area contributed by atoms with Gasteiger partial charge >= 0.3 is 0 Å². The van der Waals surface area contributed by atoms with Gasteiger partial charge in [-0.05, 0) is 30.7 Å². The number of benzene rings is 1. The van der Waals surface area contributed by atoms with Crippen LogP contribution in [0.5, 0.6) is 5.75 Å². The van der Waals surface area contributed by atoms with Crippen molar-refractivity contribution in [3.8, 4) is 5.75 Å². The van der Waals surface area contributed by atoms with Gasteiger partial charge in [0.15, 0.2) is 5.78 Å². The van der Waals surface area contributed by atoms with Crippen molar-refractivity contribution in [2.24, 2.45) is 0 Å². The first-order valence-corrected chi connectivity index (χ1v) is 4.49. The molecule has 0 fully saturated rings. The molecule has 0 aliphatic carbocycles. The number of carbonyl (C=O) groups excluding carboxylic acids is 1. The summed E-state index contributed by atoms with van der Waals surface area (Å²) in [6.45, 7) is 5.26. The third-order valence-corrected chi connectivity index (χ3v) is 2.11. The average molecular weight is 211 g/mol. The molecule has 1 rings (SSSR count). The van der Waals surface area contributed by atoms with Crippen LogP contribution in [0, 0.1) is 6.92 Å². The zero-order valence-corrected chi connectivity index (χ0v) is 8.89. The summed E-state index contributed by atoms with van der Waals surface area (Å²) in [6.07, 6.45) is 1.24. The van der Waals surface area contributed by atoms with Crippen molar-refractivity contribution < 1.29 is 9.53 Å². The zero-order chi connectivity index (χ0) is 10.7. The third-order valence-electron chi connectivity index (χ3n) is 1.89. The summed E-state index contributed by atoms with van der Waals surface area (Å²) in [4.78, 5) is 11.4. The summed E-state index contributed by atoms with van der Waals surface area (Å²) in [5, 5.41) is 0.522. The lowest BCUT2D eigenvalue weighted by Crippen LogP contribution is -2.00. The van der Waals surface area contributed by atoms with Gasteiger partial charge in [0.2, 0.25) is 0 Å². The molecule has 74 valence electrons. The Kier molecular flexibility index (Phi) is 3.31. The molecule has 0 aliphatic heterocycles. The quantitative estimate of drug-likeness (QED) is 0.566. The highest BCUT2D eigenvalue weighted by Crippen LogP contribution is 2.27. The van der Waals surface area contributed by atoms with E-state index in [4.69, 9.17) is 16.3 Å². The highest BCUT2D eigenvalue weighted by Gasteiger charge is 2.12. The number of hydrogen-bond acceptors (Lipinski definition) is 2. The Labute approximate surface area is 88.1 Å². The predicted molar refractivity (Wildman–Crippen MR) is 57.3 cm³/mol. The van der Waals surface area contributed by atoms with Crippen molar-refractivity contribution in [3.63, 3.8) is 0 Å². The molecular formula is C11H11ClO2. The second kappa shape index (κ2) is 4.29. The first kappa shape index (κ1) is 10.8. The number of ether oxygens (including phenoxy) is 1. The molecule has 0 saturated carbocycles. The minimum Gasteiger partial charge on any atom is -0.496 e. The molecule has 0 aliphatic rings. The number of carbonyl (C=O) groups is 1. The van der Waals surface area contributed by atoms with E-state index in [0.29, 0.717) is 16.3 Å². The van der Waals surface area contributed by atoms with E-state index in [-0.39, 0.29) is 5.78 Å². The maximum absolute atomic E-state index is 11.4. The molecule has 0 N–H and O–H groups in total. The average Bonchev–Trinajstić information content (AvgIpc) is 2.15. The van der Waals surface area contributed by atoms with Crippen LogP contribution in [0.25, 0.3) is 0 Å². The molecular weight excluding hydrogens is 200 g/mol. The lowest BCUT2D eigenvalue weighted by molar-refractivity contribution is 0.104. The zero-order valence-electron chi connectivity index (χ0n) is 8.13. The minimum atomic E-state index is -0.188. The van der Waals surface area contributed by atoms with E-state index in [1.54, 1.807) is 12.1 Å². The molecule has 0 atom stereocenters. The van der Waals surface area contributed by atoms with E-state index in [2.05, 4.69) is 6.58 Å². The van der Waals surface area contributed by atoms with Crippen molar-refractivity contribution in [1.82, 2.24) is 0 Å². The minimum absolute atomic E-state index is 0.188. The van der Waals surface area contributed by atoms with E-state index in [9.17, 15) is 4.79 Å². The molecule has 0 unspecified atom stereocenters. The summed E-state index contributed by atoms with van der Waals surface area (Å²) in [7, 11) is 1.52. The van der Waals surface area contributed by atoms with E-state index < -0.39 is 0 Å². The maximum atomic E-state index is 11.4. The predicted octanol–water partition coefficient (Wildman–Crippen LogP) is 3.03. The number of aryl methyl sites for hydroxylation is 1. The Morgan fingerprint density at radius 2 is 2.21 bits per heavy atom. The third kappa shape index (κ3) is 1.96. The Balaban J connectivity index is 3.39. The van der Waals surface area contributed by atoms with E-state index >= 15 is 0 Å². The fourth-order valence-corrected chi connectivity index (χ4v) is 1.57. The van der Waals surface area contributed by atoms with Gasteiger partial charge in [0.05, 0.1) is 12.7 Å². The van der Waals surface area contributed by atoms with E-state index in [0.717, 1.165) is 5.56 Å². The Hall–Kier alpha value is -1.28. The Morgan fingerprint density at radius 3 is 2.71 bits per heavy atom. The largest absolute Gasteiger partial charge is 0.496 e. The van der Waals surface area contributed by atoms with Crippen molar-refractivity contribution in [2.45, 2.75) is 6.92 Å². The first-order chi connectivity index (χ1) is 6.60. The van der Waals surface area contributed by atoms with Gasteiger partial charge in [-0.15, -0.1) is 0 Å². The Morgan fingerprint density at radius 1 is 1.57 bits per heavy atom. The summed E-state index contributed by atoms with van der Waals surface area (Å²) in [5.41, 5.74) is 1.29. The molecule has 0 heterocycles. The number of ketones is 1. The van der Waals surface area contributed by atoms with Crippen LogP contribution in [-0.4, -0.2) is 12.9 Å². The maximum Gasteiger partial charge on any atom is 0.189 e. The molecule has 14 heavy (non-hydrogen) atoms. The fourth-order valence-electron chi connectivity index (χ4n) is 1.29. The van der Waals surface area contributed by atoms with Gasteiger partial charge in [0.25, 0.3) is 0 Å². The molecule has 0 saturated heterocycles. The summed E-state index contributed by atoms with van der Waals surface area (Å²) >= 11 is 5.84. The number of rotatable bonds is 3. The standard InChI is InChI=1S/C11H11ClO2/c1-4-10(13)9-6-8(12)5-7(2)11(9)14-3/h4-6H,1H2,2-3H3. The van der Waals surface area contributed by atoms with Gasteiger partial charge in [0.1, 0.15) is 5.75 Å². The van der Waals surface area contributed by atoms with Crippen molar-refractivity contribution in [1.29, 1.82) is 0 Å². The van der Waals surface area contributed by atoms with Gasteiger partial charge in [0, 0.05) is 5.02 Å². The second-order valence-electron chi connectivity index (χ2n) is 2.87.